The lowest BCUT2D eigenvalue weighted by Gasteiger charge is -2.07. The molecule has 1 aromatic rings. The van der Waals surface area contributed by atoms with Gasteiger partial charge in [0.25, 0.3) is 5.56 Å². The smallest absolute Gasteiger partial charge is 0.255 e. The van der Waals surface area contributed by atoms with Gasteiger partial charge in [-0.15, -0.1) is 0 Å². The van der Waals surface area contributed by atoms with Gasteiger partial charge in [-0.3, -0.25) is 4.79 Å². The first-order chi connectivity index (χ1) is 8.41. The maximum atomic E-state index is 11.9. The molecular formula is C13H20N4O. The molecule has 5 heteroatoms. The van der Waals surface area contributed by atoms with E-state index in [0.29, 0.717) is 18.1 Å². The summed E-state index contributed by atoms with van der Waals surface area (Å²) >= 11 is 0. The molecule has 98 valence electrons. The van der Waals surface area contributed by atoms with E-state index in [0.717, 1.165) is 11.3 Å². The number of rotatable bonds is 4. The molecule has 0 spiro atoms. The van der Waals surface area contributed by atoms with Crippen molar-refractivity contribution in [2.75, 3.05) is 6.54 Å². The van der Waals surface area contributed by atoms with E-state index in [9.17, 15) is 4.79 Å². The second-order valence-corrected chi connectivity index (χ2v) is 4.38. The van der Waals surface area contributed by atoms with Gasteiger partial charge in [0, 0.05) is 24.8 Å². The Hall–Kier alpha value is -2.04. The van der Waals surface area contributed by atoms with Crippen LogP contribution in [0.2, 0.25) is 0 Å². The fourth-order valence-corrected chi connectivity index (χ4v) is 1.37. The predicted molar refractivity (Wildman–Crippen MR) is 74.6 cm³/mol. The zero-order chi connectivity index (χ0) is 13.7. The van der Waals surface area contributed by atoms with E-state index in [4.69, 9.17) is 5.73 Å². The van der Waals surface area contributed by atoms with Crippen LogP contribution in [0.3, 0.4) is 0 Å². The number of nitrogens with two attached hydrogens (primary N) is 1. The van der Waals surface area contributed by atoms with Gasteiger partial charge in [-0.2, -0.15) is 0 Å². The summed E-state index contributed by atoms with van der Waals surface area (Å²) in [6, 6.07) is 3.68. The Bertz CT molecular complexity index is 528. The highest BCUT2D eigenvalue weighted by atomic mass is 16.1. The molecule has 0 saturated heterocycles. The van der Waals surface area contributed by atoms with E-state index in [1.807, 2.05) is 19.9 Å². The number of hydrogen-bond donors (Lipinski definition) is 2. The van der Waals surface area contributed by atoms with Crippen molar-refractivity contribution in [3.63, 3.8) is 0 Å². The van der Waals surface area contributed by atoms with Crippen LogP contribution in [-0.4, -0.2) is 17.1 Å². The molecule has 0 fully saturated rings. The van der Waals surface area contributed by atoms with Crippen molar-refractivity contribution < 1.29 is 0 Å². The summed E-state index contributed by atoms with van der Waals surface area (Å²) in [4.78, 5) is 16.0. The molecule has 0 atom stereocenters. The fraction of sp³-hybridized carbons (Fsp3) is 0.385. The molecule has 5 nitrogen and oxygen atoms in total. The van der Waals surface area contributed by atoms with Crippen LogP contribution in [0.1, 0.15) is 18.2 Å². The maximum absolute atomic E-state index is 11.9. The molecule has 18 heavy (non-hydrogen) atoms. The quantitative estimate of drug-likeness (QED) is 0.467. The number of aliphatic imine (C=N–C) groups is 1. The van der Waals surface area contributed by atoms with Crippen molar-refractivity contribution in [2.24, 2.45) is 17.8 Å². The lowest BCUT2D eigenvalue weighted by Crippen LogP contribution is -2.33. The van der Waals surface area contributed by atoms with Crippen molar-refractivity contribution in [3.8, 4) is 0 Å². The van der Waals surface area contributed by atoms with Crippen LogP contribution < -0.4 is 16.6 Å². The molecule has 0 aliphatic rings. The molecule has 0 radical (unpaired) electrons. The summed E-state index contributed by atoms with van der Waals surface area (Å²) in [6.45, 7) is 8.40. The minimum absolute atomic E-state index is 0.0357. The van der Waals surface area contributed by atoms with Crippen LogP contribution in [0.5, 0.6) is 0 Å². The van der Waals surface area contributed by atoms with Gasteiger partial charge in [0.1, 0.15) is 0 Å². The van der Waals surface area contributed by atoms with Crippen molar-refractivity contribution in [2.45, 2.75) is 20.4 Å². The SMILES string of the molecule is C=C(C)CNC(N)=NCc1ccc(C)n(C)c1=O. The van der Waals surface area contributed by atoms with E-state index in [1.54, 1.807) is 17.7 Å². The van der Waals surface area contributed by atoms with Crippen molar-refractivity contribution in [3.05, 3.63) is 45.9 Å². The topological polar surface area (TPSA) is 72.4 Å². The Balaban J connectivity index is 2.74. The highest BCUT2D eigenvalue weighted by Gasteiger charge is 2.02. The zero-order valence-electron chi connectivity index (χ0n) is 11.2. The number of nitrogens with one attached hydrogen (secondary N) is 1. The normalized spacial score (nSPS) is 11.4. The highest BCUT2D eigenvalue weighted by Crippen LogP contribution is 1.98. The van der Waals surface area contributed by atoms with Gasteiger partial charge in [0.2, 0.25) is 0 Å². The predicted octanol–water partition coefficient (Wildman–Crippen LogP) is 0.674. The second-order valence-electron chi connectivity index (χ2n) is 4.38. The average Bonchev–Trinajstić information content (AvgIpc) is 2.32. The molecule has 0 bridgehead atoms. The molecule has 1 aromatic heterocycles. The Morgan fingerprint density at radius 2 is 2.22 bits per heavy atom. The molecule has 1 rings (SSSR count). The van der Waals surface area contributed by atoms with E-state index in [2.05, 4.69) is 16.9 Å². The summed E-state index contributed by atoms with van der Waals surface area (Å²) in [5, 5.41) is 2.92. The van der Waals surface area contributed by atoms with Crippen LogP contribution in [0, 0.1) is 6.92 Å². The second kappa shape index (κ2) is 6.05. The Kier molecular flexibility index (Phi) is 4.71. The maximum Gasteiger partial charge on any atom is 0.255 e. The van der Waals surface area contributed by atoms with Crippen LogP contribution in [0.25, 0.3) is 0 Å². The fourth-order valence-electron chi connectivity index (χ4n) is 1.37. The number of hydrogen-bond acceptors (Lipinski definition) is 2. The number of pyridine rings is 1. The number of aryl methyl sites for hydroxylation is 1. The largest absolute Gasteiger partial charge is 0.370 e. The molecule has 0 saturated carbocycles. The standard InChI is InChI=1S/C13H20N4O/c1-9(2)7-15-13(14)16-8-11-6-5-10(3)17(4)12(11)18/h5-6H,1,7-8H2,2-4H3,(H3,14,15,16). The molecule has 0 amide bonds. The van der Waals surface area contributed by atoms with Gasteiger partial charge in [-0.1, -0.05) is 12.2 Å². The molecule has 0 aliphatic heterocycles. The lowest BCUT2D eigenvalue weighted by molar-refractivity contribution is 0.793. The summed E-state index contributed by atoms with van der Waals surface area (Å²) in [7, 11) is 1.74. The van der Waals surface area contributed by atoms with Gasteiger partial charge in [0.05, 0.1) is 6.54 Å². The third kappa shape index (κ3) is 3.76. The molecule has 0 aliphatic carbocycles. The van der Waals surface area contributed by atoms with E-state index < -0.39 is 0 Å². The number of guanidine groups is 1. The van der Waals surface area contributed by atoms with E-state index >= 15 is 0 Å². The van der Waals surface area contributed by atoms with Crippen LogP contribution in [0.4, 0.5) is 0 Å². The lowest BCUT2D eigenvalue weighted by atomic mass is 10.2. The first kappa shape index (κ1) is 14.0. The summed E-state index contributed by atoms with van der Waals surface area (Å²) in [6.07, 6.45) is 0. The van der Waals surface area contributed by atoms with Crippen LogP contribution >= 0.6 is 0 Å². The summed E-state index contributed by atoms with van der Waals surface area (Å²) < 4.78 is 1.60. The summed E-state index contributed by atoms with van der Waals surface area (Å²) in [5.41, 5.74) is 8.16. The van der Waals surface area contributed by atoms with Gasteiger partial charge in [-0.25, -0.2) is 4.99 Å². The molecule has 1 heterocycles. The third-order valence-electron chi connectivity index (χ3n) is 2.63. The minimum atomic E-state index is -0.0357. The first-order valence-electron chi connectivity index (χ1n) is 5.75. The Labute approximate surface area is 107 Å². The van der Waals surface area contributed by atoms with Crippen molar-refractivity contribution >= 4 is 5.96 Å². The van der Waals surface area contributed by atoms with E-state index in [1.165, 1.54) is 0 Å². The molecule has 0 aromatic carbocycles. The van der Waals surface area contributed by atoms with Gasteiger partial charge >= 0.3 is 0 Å². The minimum Gasteiger partial charge on any atom is -0.370 e. The van der Waals surface area contributed by atoms with Crippen LogP contribution in [0.15, 0.2) is 34.1 Å². The Morgan fingerprint density at radius 3 is 2.83 bits per heavy atom. The summed E-state index contributed by atoms with van der Waals surface area (Å²) in [5.74, 6) is 0.320. The van der Waals surface area contributed by atoms with Crippen molar-refractivity contribution in [1.29, 1.82) is 0 Å². The van der Waals surface area contributed by atoms with Gasteiger partial charge in [-0.05, 0) is 26.0 Å². The Morgan fingerprint density at radius 1 is 1.56 bits per heavy atom. The molecule has 3 N–H and O–H groups in total. The molecule has 0 unspecified atom stereocenters. The monoisotopic (exact) mass is 248 g/mol. The highest BCUT2D eigenvalue weighted by molar-refractivity contribution is 5.78. The van der Waals surface area contributed by atoms with E-state index in [-0.39, 0.29) is 12.1 Å². The van der Waals surface area contributed by atoms with Crippen LogP contribution in [-0.2, 0) is 13.6 Å². The number of nitrogens with zero attached hydrogens (tertiary/aromatic N) is 2. The zero-order valence-corrected chi connectivity index (χ0v) is 11.2. The average molecular weight is 248 g/mol. The molecular weight excluding hydrogens is 228 g/mol. The first-order valence-corrected chi connectivity index (χ1v) is 5.75. The third-order valence-corrected chi connectivity index (χ3v) is 2.63. The number of aromatic nitrogens is 1. The van der Waals surface area contributed by atoms with Crippen molar-refractivity contribution in [1.82, 2.24) is 9.88 Å². The van der Waals surface area contributed by atoms with Gasteiger partial charge in [0.15, 0.2) is 5.96 Å². The van der Waals surface area contributed by atoms with Gasteiger partial charge < -0.3 is 15.6 Å².